The summed E-state index contributed by atoms with van der Waals surface area (Å²) in [6.07, 6.45) is 1.55. The number of carbonyl (C=O) groups is 2. The van der Waals surface area contributed by atoms with E-state index in [-0.39, 0.29) is 36.4 Å². The van der Waals surface area contributed by atoms with Crippen LogP contribution in [0.1, 0.15) is 40.0 Å². The molecule has 0 aromatic rings. The zero-order chi connectivity index (χ0) is 19.3. The van der Waals surface area contributed by atoms with Gasteiger partial charge in [-0.1, -0.05) is 13.0 Å². The van der Waals surface area contributed by atoms with Crippen LogP contribution in [0.5, 0.6) is 0 Å². The average Bonchev–Trinajstić information content (AvgIpc) is 2.73. The summed E-state index contributed by atoms with van der Waals surface area (Å²) in [5, 5.41) is 32.1. The molecule has 0 amide bonds. The minimum absolute atomic E-state index is 0.0136. The van der Waals surface area contributed by atoms with Gasteiger partial charge in [0.15, 0.2) is 17.2 Å². The number of Topliss-reactive ketones (excluding diaryl/α,β-unsaturated/α-hetero) is 1. The summed E-state index contributed by atoms with van der Waals surface area (Å²) in [6, 6.07) is 0. The molecule has 0 bridgehead atoms. The molecule has 142 valence electrons. The fourth-order valence-electron chi connectivity index (χ4n) is 6.37. The number of alkyl halides is 1. The van der Waals surface area contributed by atoms with Crippen molar-refractivity contribution in [1.29, 1.82) is 0 Å². The highest BCUT2D eigenvalue weighted by Crippen LogP contribution is 2.67. The second-order valence-electron chi connectivity index (χ2n) is 9.21. The van der Waals surface area contributed by atoms with Crippen molar-refractivity contribution in [3.05, 3.63) is 23.8 Å². The number of ketones is 2. The largest absolute Gasteiger partial charge is 0.390 e. The van der Waals surface area contributed by atoms with Crippen LogP contribution >= 0.6 is 0 Å². The molecular formula is C20H25FO5. The zero-order valence-electron chi connectivity index (χ0n) is 15.2. The molecule has 3 fully saturated rings. The van der Waals surface area contributed by atoms with Gasteiger partial charge in [-0.3, -0.25) is 9.59 Å². The van der Waals surface area contributed by atoms with E-state index >= 15 is 4.39 Å². The minimum atomic E-state index is -2.12. The van der Waals surface area contributed by atoms with Crippen molar-refractivity contribution in [2.75, 3.05) is 0 Å². The number of hydrogen-bond acceptors (Lipinski definition) is 5. The number of allylic oxidation sites excluding steroid dienone is 3. The SMILES string of the molecule is CC1(O)C[C@H]2[C@@H]3CC(O)C4=CC(=O)C=C[C@]4(C)C3(F)C(O)C[C@]2(C)C1=O. The molecular weight excluding hydrogens is 339 g/mol. The van der Waals surface area contributed by atoms with Crippen LogP contribution in [0.2, 0.25) is 0 Å². The lowest BCUT2D eigenvalue weighted by molar-refractivity contribution is -0.200. The Labute approximate surface area is 151 Å². The Morgan fingerprint density at radius 3 is 2.42 bits per heavy atom. The fourth-order valence-corrected chi connectivity index (χ4v) is 6.37. The molecule has 0 aliphatic heterocycles. The number of carbonyl (C=O) groups excluding carboxylic acids is 2. The van der Waals surface area contributed by atoms with Crippen LogP contribution in [-0.2, 0) is 9.59 Å². The molecule has 4 rings (SSSR count). The molecule has 3 N–H and O–H groups in total. The lowest BCUT2D eigenvalue weighted by atomic mass is 9.45. The maximum atomic E-state index is 16.7. The average molecular weight is 364 g/mol. The molecule has 4 aliphatic carbocycles. The zero-order valence-corrected chi connectivity index (χ0v) is 15.2. The highest BCUT2D eigenvalue weighted by molar-refractivity contribution is 6.01. The third-order valence-corrected chi connectivity index (χ3v) is 7.68. The molecule has 4 aliphatic rings. The second kappa shape index (κ2) is 4.91. The topological polar surface area (TPSA) is 94.8 Å². The molecule has 4 unspecified atom stereocenters. The number of aliphatic hydroxyl groups excluding tert-OH is 2. The Kier molecular flexibility index (Phi) is 3.40. The smallest absolute Gasteiger partial charge is 0.178 e. The number of fused-ring (bicyclic) bond motifs is 5. The summed E-state index contributed by atoms with van der Waals surface area (Å²) in [4.78, 5) is 24.6. The van der Waals surface area contributed by atoms with Gasteiger partial charge in [0, 0.05) is 16.7 Å². The van der Waals surface area contributed by atoms with E-state index in [9.17, 15) is 24.9 Å². The molecule has 5 nitrogen and oxygen atoms in total. The van der Waals surface area contributed by atoms with E-state index in [2.05, 4.69) is 0 Å². The number of rotatable bonds is 0. The molecule has 26 heavy (non-hydrogen) atoms. The summed E-state index contributed by atoms with van der Waals surface area (Å²) in [5.41, 5.74) is -5.77. The van der Waals surface area contributed by atoms with Crippen LogP contribution in [0.15, 0.2) is 23.8 Å². The summed E-state index contributed by atoms with van der Waals surface area (Å²) in [7, 11) is 0. The third-order valence-electron chi connectivity index (χ3n) is 7.68. The lowest BCUT2D eigenvalue weighted by Crippen LogP contribution is -2.68. The first kappa shape index (κ1) is 18.0. The van der Waals surface area contributed by atoms with Crippen LogP contribution in [0.25, 0.3) is 0 Å². The summed E-state index contributed by atoms with van der Waals surface area (Å²) in [6.45, 7) is 4.72. The van der Waals surface area contributed by atoms with Gasteiger partial charge in [0.2, 0.25) is 0 Å². The van der Waals surface area contributed by atoms with Crippen molar-refractivity contribution in [2.45, 2.75) is 63.5 Å². The molecule has 0 spiro atoms. The van der Waals surface area contributed by atoms with E-state index in [1.165, 1.54) is 25.2 Å². The molecule has 0 aromatic heterocycles. The first-order chi connectivity index (χ1) is 11.9. The molecule has 0 radical (unpaired) electrons. The third kappa shape index (κ3) is 1.85. The van der Waals surface area contributed by atoms with E-state index in [4.69, 9.17) is 0 Å². The molecule has 3 saturated carbocycles. The molecule has 0 heterocycles. The van der Waals surface area contributed by atoms with Gasteiger partial charge < -0.3 is 15.3 Å². The van der Waals surface area contributed by atoms with Crippen LogP contribution in [0.3, 0.4) is 0 Å². The summed E-state index contributed by atoms with van der Waals surface area (Å²) >= 11 is 0. The standard InChI is InChI=1S/C20H25FO5/c1-17-9-15(24)20(21)11(13(17)8-19(3,26)16(17)25)7-14(23)12-6-10(22)4-5-18(12,20)2/h4-6,11,13-15,23-24,26H,7-9H2,1-3H3/t11-,13-,14?,15?,17-,18-,19?,20?/m0/s1. The van der Waals surface area contributed by atoms with Crippen LogP contribution < -0.4 is 0 Å². The fraction of sp³-hybridized carbons (Fsp3) is 0.700. The second-order valence-corrected chi connectivity index (χ2v) is 9.21. The molecule has 6 heteroatoms. The Bertz CT molecular complexity index is 770. The Morgan fingerprint density at radius 1 is 1.12 bits per heavy atom. The van der Waals surface area contributed by atoms with E-state index in [0.29, 0.717) is 0 Å². The predicted octanol–water partition coefficient (Wildman–Crippen LogP) is 1.26. The Hall–Kier alpha value is -1.37. The Morgan fingerprint density at radius 2 is 1.77 bits per heavy atom. The van der Waals surface area contributed by atoms with E-state index in [0.717, 1.165) is 0 Å². The van der Waals surface area contributed by atoms with Crippen molar-refractivity contribution in [3.63, 3.8) is 0 Å². The number of aliphatic hydroxyl groups is 3. The van der Waals surface area contributed by atoms with Gasteiger partial charge in [0.05, 0.1) is 12.2 Å². The number of halogens is 1. The van der Waals surface area contributed by atoms with E-state index in [1.54, 1.807) is 13.8 Å². The van der Waals surface area contributed by atoms with Crippen molar-refractivity contribution in [2.24, 2.45) is 22.7 Å². The van der Waals surface area contributed by atoms with Gasteiger partial charge in [0.25, 0.3) is 0 Å². The Balaban J connectivity index is 1.89. The van der Waals surface area contributed by atoms with Crippen molar-refractivity contribution < 1.29 is 29.3 Å². The maximum absolute atomic E-state index is 16.7. The number of hydrogen-bond donors (Lipinski definition) is 3. The van der Waals surface area contributed by atoms with Crippen LogP contribution in [0, 0.1) is 22.7 Å². The predicted molar refractivity (Wildman–Crippen MR) is 90.8 cm³/mol. The first-order valence-corrected chi connectivity index (χ1v) is 9.15. The normalized spacial score (nSPS) is 55.9. The van der Waals surface area contributed by atoms with Gasteiger partial charge in [-0.25, -0.2) is 4.39 Å². The van der Waals surface area contributed by atoms with Crippen molar-refractivity contribution >= 4 is 11.6 Å². The van der Waals surface area contributed by atoms with E-state index in [1.807, 2.05) is 0 Å². The van der Waals surface area contributed by atoms with E-state index < -0.39 is 46.1 Å². The van der Waals surface area contributed by atoms with Gasteiger partial charge in [-0.2, -0.15) is 0 Å². The van der Waals surface area contributed by atoms with Gasteiger partial charge in [0.1, 0.15) is 5.60 Å². The van der Waals surface area contributed by atoms with Crippen molar-refractivity contribution in [1.82, 2.24) is 0 Å². The van der Waals surface area contributed by atoms with Crippen LogP contribution in [0.4, 0.5) is 4.39 Å². The van der Waals surface area contributed by atoms with Gasteiger partial charge >= 0.3 is 0 Å². The van der Waals surface area contributed by atoms with Gasteiger partial charge in [-0.05, 0) is 56.8 Å². The summed E-state index contributed by atoms with van der Waals surface area (Å²) in [5.74, 6) is -1.97. The maximum Gasteiger partial charge on any atom is 0.178 e. The first-order valence-electron chi connectivity index (χ1n) is 9.15. The summed E-state index contributed by atoms with van der Waals surface area (Å²) < 4.78 is 16.7. The highest BCUT2D eigenvalue weighted by Gasteiger charge is 2.74. The molecule has 0 aromatic carbocycles. The minimum Gasteiger partial charge on any atom is -0.390 e. The van der Waals surface area contributed by atoms with Crippen molar-refractivity contribution in [3.8, 4) is 0 Å². The monoisotopic (exact) mass is 364 g/mol. The highest BCUT2D eigenvalue weighted by atomic mass is 19.1. The quantitative estimate of drug-likeness (QED) is 0.602. The van der Waals surface area contributed by atoms with Gasteiger partial charge in [-0.15, -0.1) is 0 Å². The molecule has 0 saturated heterocycles. The molecule has 8 atom stereocenters. The lowest BCUT2D eigenvalue weighted by Gasteiger charge is -2.61. The van der Waals surface area contributed by atoms with Crippen LogP contribution in [-0.4, -0.2) is 50.4 Å².